The molecule has 0 radical (unpaired) electrons. The predicted octanol–water partition coefficient (Wildman–Crippen LogP) is 5.81. The molecule has 2 heterocycles. The molecule has 1 atom stereocenters. The van der Waals surface area contributed by atoms with Crippen LogP contribution in [0.2, 0.25) is 0 Å². The van der Waals surface area contributed by atoms with Crippen molar-refractivity contribution < 1.29 is 23.4 Å². The van der Waals surface area contributed by atoms with Crippen LogP contribution in [0.1, 0.15) is 74.2 Å². The minimum absolute atomic E-state index is 0.0632. The number of anilines is 2. The zero-order valence-corrected chi connectivity index (χ0v) is 23.0. The Hall–Kier alpha value is -2.91. The largest absolute Gasteiger partial charge is 0.396 e. The van der Waals surface area contributed by atoms with Gasteiger partial charge in [-0.05, 0) is 89.0 Å². The minimum atomic E-state index is -3.77. The zero-order valence-electron chi connectivity index (χ0n) is 23.0. The van der Waals surface area contributed by atoms with Crippen molar-refractivity contribution >= 4 is 22.4 Å². The van der Waals surface area contributed by atoms with Crippen molar-refractivity contribution in [2.75, 3.05) is 29.9 Å². The highest BCUT2D eigenvalue weighted by Gasteiger charge is 2.49. The van der Waals surface area contributed by atoms with Crippen LogP contribution in [0.3, 0.4) is 0 Å². The number of piperidine rings is 1. The lowest BCUT2D eigenvalue weighted by Crippen LogP contribution is -2.41. The summed E-state index contributed by atoms with van der Waals surface area (Å²) in [6.45, 7) is 7.40. The molecule has 210 valence electrons. The van der Waals surface area contributed by atoms with E-state index < -0.39 is 28.9 Å². The summed E-state index contributed by atoms with van der Waals surface area (Å²) in [6, 6.07) is 5.31. The number of fused-ring (bicyclic) bond motifs is 3. The van der Waals surface area contributed by atoms with E-state index in [2.05, 4.69) is 21.3 Å². The lowest BCUT2D eigenvalue weighted by Gasteiger charge is -2.34. The summed E-state index contributed by atoms with van der Waals surface area (Å²) in [6.07, 6.45) is 4.81. The van der Waals surface area contributed by atoms with Gasteiger partial charge in [0, 0.05) is 36.3 Å². The monoisotopic (exact) mass is 542 g/mol. The van der Waals surface area contributed by atoms with Crippen LogP contribution < -0.4 is 10.2 Å². The second kappa shape index (κ2) is 10.2. The Morgan fingerprint density at radius 3 is 2.49 bits per heavy atom. The van der Waals surface area contributed by atoms with Crippen LogP contribution >= 0.6 is 0 Å². The van der Waals surface area contributed by atoms with Gasteiger partial charge in [0.25, 0.3) is 0 Å². The Bertz CT molecular complexity index is 1380. The first-order chi connectivity index (χ1) is 18.4. The zero-order chi connectivity index (χ0) is 28.1. The summed E-state index contributed by atoms with van der Waals surface area (Å²) in [7, 11) is 0. The van der Waals surface area contributed by atoms with Crippen molar-refractivity contribution in [2.45, 2.75) is 77.4 Å². The van der Waals surface area contributed by atoms with Gasteiger partial charge in [0.05, 0.1) is 17.1 Å². The molecule has 3 aromatic rings. The maximum atomic E-state index is 15.5. The number of nitrogens with one attached hydrogen (secondary N) is 1. The number of rotatable bonds is 7. The van der Waals surface area contributed by atoms with Crippen LogP contribution in [0.5, 0.6) is 0 Å². The number of aromatic nitrogens is 2. The molecular weight excluding hydrogens is 505 g/mol. The van der Waals surface area contributed by atoms with E-state index >= 15 is 4.39 Å². The van der Waals surface area contributed by atoms with Crippen LogP contribution in [-0.4, -0.2) is 45.5 Å². The fraction of sp³-hybridized carbons (Fsp3) is 0.533. The Balaban J connectivity index is 1.55. The van der Waals surface area contributed by atoms with Crippen LogP contribution in [0.25, 0.3) is 10.9 Å². The number of hydrogen-bond acceptors (Lipinski definition) is 6. The second-order valence-electron chi connectivity index (χ2n) is 11.5. The summed E-state index contributed by atoms with van der Waals surface area (Å²) in [4.78, 5) is 11.8. The van der Waals surface area contributed by atoms with Crippen molar-refractivity contribution in [2.24, 2.45) is 5.92 Å². The molecule has 6 nitrogen and oxygen atoms in total. The van der Waals surface area contributed by atoms with Gasteiger partial charge in [0.15, 0.2) is 0 Å². The lowest BCUT2D eigenvalue weighted by atomic mass is 9.91. The number of nitrogens with zero attached hydrogens (tertiary/aromatic N) is 3. The number of aryl methyl sites for hydroxylation is 2. The van der Waals surface area contributed by atoms with Crippen molar-refractivity contribution in [1.82, 2.24) is 9.97 Å². The first kappa shape index (κ1) is 27.6. The molecule has 2 aliphatic rings. The third-order valence-electron chi connectivity index (χ3n) is 8.32. The normalized spacial score (nSPS) is 17.5. The van der Waals surface area contributed by atoms with Gasteiger partial charge in [-0.3, -0.25) is 0 Å². The fourth-order valence-electron chi connectivity index (χ4n) is 5.95. The fourth-order valence-corrected chi connectivity index (χ4v) is 5.95. The van der Waals surface area contributed by atoms with Gasteiger partial charge in [-0.15, -0.1) is 0 Å². The highest BCUT2D eigenvalue weighted by molar-refractivity contribution is 5.96. The van der Waals surface area contributed by atoms with Crippen molar-refractivity contribution in [1.29, 1.82) is 0 Å². The van der Waals surface area contributed by atoms with Gasteiger partial charge in [-0.1, -0.05) is 12.1 Å². The molecule has 5 rings (SSSR count). The van der Waals surface area contributed by atoms with E-state index in [1.807, 2.05) is 6.92 Å². The maximum Gasteiger partial charge on any atom is 0.303 e. The molecule has 0 unspecified atom stereocenters. The summed E-state index contributed by atoms with van der Waals surface area (Å²) >= 11 is 0. The van der Waals surface area contributed by atoms with E-state index in [1.165, 1.54) is 23.3 Å². The molecule has 1 saturated heterocycles. The Labute approximate surface area is 227 Å². The molecule has 2 aromatic carbocycles. The Morgan fingerprint density at radius 2 is 1.82 bits per heavy atom. The maximum absolute atomic E-state index is 15.5. The second-order valence-corrected chi connectivity index (χ2v) is 11.5. The Kier molecular flexibility index (Phi) is 7.26. The molecule has 1 aliphatic heterocycles. The van der Waals surface area contributed by atoms with Gasteiger partial charge in [0.2, 0.25) is 0 Å². The topological polar surface area (TPSA) is 81.5 Å². The number of halogens is 3. The first-order valence-electron chi connectivity index (χ1n) is 13.8. The van der Waals surface area contributed by atoms with Gasteiger partial charge >= 0.3 is 5.92 Å². The molecule has 39 heavy (non-hydrogen) atoms. The standard InChI is InChI=1S/C30H37F3N4O2/c1-17(20-7-6-10-24(26(20)31)30(32,33)29(3,4)39)34-28-23-15-25(37-13-11-19(16-38)12-14-37)21-8-5-9-22(21)27(23)35-18(2)36-28/h6-7,10,15,17,19,38-39H,5,8-9,11-14,16H2,1-4H3,(H,34,35,36)/t17-/m1/s1. The van der Waals surface area contributed by atoms with E-state index in [9.17, 15) is 19.0 Å². The Morgan fingerprint density at radius 1 is 1.13 bits per heavy atom. The SMILES string of the molecule is Cc1nc(N[C@H](C)c2cccc(C(F)(F)C(C)(C)O)c2F)c2cc(N3CCC(CO)CC3)c3c(c2n1)CCC3. The molecule has 0 spiro atoms. The van der Waals surface area contributed by atoms with Crippen LogP contribution in [0.15, 0.2) is 24.3 Å². The molecule has 3 N–H and O–H groups in total. The van der Waals surface area contributed by atoms with Crippen molar-refractivity contribution in [3.8, 4) is 0 Å². The number of hydrogen-bond donors (Lipinski definition) is 3. The van der Waals surface area contributed by atoms with E-state index in [1.54, 1.807) is 6.92 Å². The lowest BCUT2D eigenvalue weighted by molar-refractivity contribution is -0.170. The molecule has 1 fully saturated rings. The van der Waals surface area contributed by atoms with Crippen molar-refractivity contribution in [3.05, 3.63) is 58.2 Å². The molecule has 0 bridgehead atoms. The van der Waals surface area contributed by atoms with Gasteiger partial charge in [-0.2, -0.15) is 8.78 Å². The molecule has 1 aliphatic carbocycles. The third kappa shape index (κ3) is 4.95. The number of benzene rings is 2. The number of aliphatic hydroxyl groups is 2. The summed E-state index contributed by atoms with van der Waals surface area (Å²) in [5, 5.41) is 23.7. The van der Waals surface area contributed by atoms with E-state index in [0.717, 1.165) is 81.7 Å². The minimum Gasteiger partial charge on any atom is -0.396 e. The quantitative estimate of drug-likeness (QED) is 0.350. The van der Waals surface area contributed by atoms with E-state index in [0.29, 0.717) is 17.6 Å². The molecule has 9 heteroatoms. The third-order valence-corrected chi connectivity index (χ3v) is 8.32. The van der Waals surface area contributed by atoms with Gasteiger partial charge in [0.1, 0.15) is 23.1 Å². The average Bonchev–Trinajstić information content (AvgIpc) is 3.38. The van der Waals surface area contributed by atoms with Crippen LogP contribution in [0.4, 0.5) is 24.7 Å². The highest BCUT2D eigenvalue weighted by Crippen LogP contribution is 2.43. The van der Waals surface area contributed by atoms with Gasteiger partial charge < -0.3 is 20.4 Å². The highest BCUT2D eigenvalue weighted by atomic mass is 19.3. The van der Waals surface area contributed by atoms with Crippen LogP contribution in [0, 0.1) is 18.7 Å². The van der Waals surface area contributed by atoms with E-state index in [-0.39, 0.29) is 12.2 Å². The average molecular weight is 543 g/mol. The molecule has 0 amide bonds. The molecular formula is C30H37F3N4O2. The smallest absolute Gasteiger partial charge is 0.303 e. The van der Waals surface area contributed by atoms with Gasteiger partial charge in [-0.25, -0.2) is 14.4 Å². The number of alkyl halides is 2. The predicted molar refractivity (Wildman–Crippen MR) is 147 cm³/mol. The van der Waals surface area contributed by atoms with E-state index in [4.69, 9.17) is 4.98 Å². The summed E-state index contributed by atoms with van der Waals surface area (Å²) in [5.41, 5.74) is 1.37. The molecule has 0 saturated carbocycles. The first-order valence-corrected chi connectivity index (χ1v) is 13.8. The van der Waals surface area contributed by atoms with Crippen LogP contribution in [-0.2, 0) is 18.8 Å². The summed E-state index contributed by atoms with van der Waals surface area (Å²) in [5.74, 6) is -3.39. The summed E-state index contributed by atoms with van der Waals surface area (Å²) < 4.78 is 45.3. The number of aliphatic hydroxyl groups excluding tert-OH is 1. The van der Waals surface area contributed by atoms with Crippen molar-refractivity contribution in [3.63, 3.8) is 0 Å². The molecule has 1 aromatic heterocycles.